The van der Waals surface area contributed by atoms with E-state index in [1.807, 2.05) is 12.1 Å². The maximum atomic E-state index is 12.2. The summed E-state index contributed by atoms with van der Waals surface area (Å²) in [7, 11) is 0. The van der Waals surface area contributed by atoms with Gasteiger partial charge in [-0.1, -0.05) is 12.1 Å². The Morgan fingerprint density at radius 1 is 1.14 bits per heavy atom. The molecule has 2 aliphatic rings. The number of hydrogen-bond acceptors (Lipinski definition) is 3. The van der Waals surface area contributed by atoms with Gasteiger partial charge >= 0.3 is 0 Å². The number of carbonyl (C=O) groups excluding carboxylic acids is 2. The van der Waals surface area contributed by atoms with E-state index >= 15 is 0 Å². The standard InChI is InChI=1S/C18H23NO3/c20-17(15-7-6-13-3-1-4-14(13)11-15)8-9-18(21)19-12-16-5-2-10-22-16/h6-7,11,16H,1-5,8-10,12H2,(H,19,21). The van der Waals surface area contributed by atoms with Crippen molar-refractivity contribution < 1.29 is 14.3 Å². The molecule has 4 nitrogen and oxygen atoms in total. The predicted molar refractivity (Wildman–Crippen MR) is 84.0 cm³/mol. The lowest BCUT2D eigenvalue weighted by Gasteiger charge is -2.10. The highest BCUT2D eigenvalue weighted by Crippen LogP contribution is 2.23. The lowest BCUT2D eigenvalue weighted by molar-refractivity contribution is -0.121. The SMILES string of the molecule is O=C(CCC(=O)c1ccc2c(c1)CCC2)NCC1CCCO1. The second-order valence-corrected chi connectivity index (χ2v) is 6.20. The van der Waals surface area contributed by atoms with Crippen LogP contribution in [0.3, 0.4) is 0 Å². The zero-order valence-corrected chi connectivity index (χ0v) is 12.9. The number of ketones is 1. The quantitative estimate of drug-likeness (QED) is 0.821. The molecule has 1 fully saturated rings. The highest BCUT2D eigenvalue weighted by molar-refractivity contribution is 5.98. The van der Waals surface area contributed by atoms with Crippen molar-refractivity contribution in [2.24, 2.45) is 0 Å². The molecule has 0 spiro atoms. The van der Waals surface area contributed by atoms with Gasteiger partial charge in [0.1, 0.15) is 0 Å². The highest BCUT2D eigenvalue weighted by atomic mass is 16.5. The van der Waals surface area contributed by atoms with Gasteiger partial charge in [-0.15, -0.1) is 0 Å². The molecule has 0 radical (unpaired) electrons. The maximum absolute atomic E-state index is 12.2. The first-order valence-corrected chi connectivity index (χ1v) is 8.25. The summed E-state index contributed by atoms with van der Waals surface area (Å²) in [6.07, 6.45) is 6.12. The number of carbonyl (C=O) groups is 2. The Hall–Kier alpha value is -1.68. The molecule has 22 heavy (non-hydrogen) atoms. The maximum Gasteiger partial charge on any atom is 0.220 e. The minimum Gasteiger partial charge on any atom is -0.376 e. The van der Waals surface area contributed by atoms with Gasteiger partial charge in [0.15, 0.2) is 5.78 Å². The van der Waals surface area contributed by atoms with Crippen molar-refractivity contribution in [3.05, 3.63) is 34.9 Å². The number of benzene rings is 1. The molecule has 1 heterocycles. The third-order valence-electron chi connectivity index (χ3n) is 4.55. The average molecular weight is 301 g/mol. The fourth-order valence-electron chi connectivity index (χ4n) is 3.24. The molecule has 4 heteroatoms. The van der Waals surface area contributed by atoms with E-state index in [2.05, 4.69) is 11.4 Å². The first-order valence-electron chi connectivity index (χ1n) is 8.25. The number of hydrogen-bond donors (Lipinski definition) is 1. The van der Waals surface area contributed by atoms with Crippen LogP contribution in [0.1, 0.15) is 53.6 Å². The summed E-state index contributed by atoms with van der Waals surface area (Å²) in [5, 5.41) is 2.86. The summed E-state index contributed by atoms with van der Waals surface area (Å²) >= 11 is 0. The van der Waals surface area contributed by atoms with Gasteiger partial charge in [0.05, 0.1) is 6.10 Å². The summed E-state index contributed by atoms with van der Waals surface area (Å²) in [5.41, 5.74) is 3.41. The highest BCUT2D eigenvalue weighted by Gasteiger charge is 2.17. The summed E-state index contributed by atoms with van der Waals surface area (Å²) in [4.78, 5) is 24.0. The van der Waals surface area contributed by atoms with Gasteiger partial charge in [-0.3, -0.25) is 9.59 Å². The van der Waals surface area contributed by atoms with E-state index in [0.29, 0.717) is 6.54 Å². The molecule has 1 unspecified atom stereocenters. The number of Topliss-reactive ketones (excluding diaryl/α,β-unsaturated/α-hetero) is 1. The smallest absolute Gasteiger partial charge is 0.220 e. The Morgan fingerprint density at radius 3 is 2.82 bits per heavy atom. The van der Waals surface area contributed by atoms with E-state index in [1.54, 1.807) is 0 Å². The predicted octanol–water partition coefficient (Wildman–Crippen LogP) is 2.43. The van der Waals surface area contributed by atoms with Crippen LogP contribution in [-0.2, 0) is 22.4 Å². The number of nitrogens with one attached hydrogen (secondary N) is 1. The Labute approximate surface area is 131 Å². The molecule has 1 atom stereocenters. The van der Waals surface area contributed by atoms with Crippen LogP contribution in [0.2, 0.25) is 0 Å². The van der Waals surface area contributed by atoms with Gasteiger partial charge in [-0.05, 0) is 49.3 Å². The van der Waals surface area contributed by atoms with Gasteiger partial charge in [0.2, 0.25) is 5.91 Å². The van der Waals surface area contributed by atoms with E-state index in [1.165, 1.54) is 17.5 Å². The minimum atomic E-state index is -0.0648. The van der Waals surface area contributed by atoms with Gasteiger partial charge in [-0.25, -0.2) is 0 Å². The molecule has 3 rings (SSSR count). The summed E-state index contributed by atoms with van der Waals surface area (Å²) in [6, 6.07) is 5.97. The molecule has 118 valence electrons. The monoisotopic (exact) mass is 301 g/mol. The molecular weight excluding hydrogens is 278 g/mol. The summed E-state index contributed by atoms with van der Waals surface area (Å²) in [5.74, 6) is -0.00743. The molecule has 1 aliphatic carbocycles. The minimum absolute atomic E-state index is 0.0574. The van der Waals surface area contributed by atoms with Crippen molar-refractivity contribution in [1.82, 2.24) is 5.32 Å². The molecular formula is C18H23NO3. The Kier molecular flexibility index (Phi) is 4.88. The lowest BCUT2D eigenvalue weighted by atomic mass is 10.0. The average Bonchev–Trinajstić information content (AvgIpc) is 3.20. The van der Waals surface area contributed by atoms with Crippen molar-refractivity contribution in [2.75, 3.05) is 13.2 Å². The van der Waals surface area contributed by atoms with Gasteiger partial charge in [-0.2, -0.15) is 0 Å². The Balaban J connectivity index is 1.44. The molecule has 1 aromatic rings. The summed E-state index contributed by atoms with van der Waals surface area (Å²) in [6.45, 7) is 1.35. The normalized spacial score (nSPS) is 19.9. The molecule has 1 aliphatic heterocycles. The van der Waals surface area contributed by atoms with Crippen molar-refractivity contribution in [3.63, 3.8) is 0 Å². The molecule has 0 bridgehead atoms. The zero-order chi connectivity index (χ0) is 15.4. The van der Waals surface area contributed by atoms with Crippen LogP contribution < -0.4 is 5.32 Å². The van der Waals surface area contributed by atoms with E-state index < -0.39 is 0 Å². The van der Waals surface area contributed by atoms with Crippen molar-refractivity contribution >= 4 is 11.7 Å². The Bertz CT molecular complexity index is 561. The van der Waals surface area contributed by atoms with E-state index in [-0.39, 0.29) is 30.6 Å². The van der Waals surface area contributed by atoms with Crippen molar-refractivity contribution in [1.29, 1.82) is 0 Å². The van der Waals surface area contributed by atoms with Crippen LogP contribution >= 0.6 is 0 Å². The third kappa shape index (κ3) is 3.74. The molecule has 0 aromatic heterocycles. The molecule has 1 N–H and O–H groups in total. The lowest BCUT2D eigenvalue weighted by Crippen LogP contribution is -2.31. The van der Waals surface area contributed by atoms with E-state index in [9.17, 15) is 9.59 Å². The van der Waals surface area contributed by atoms with Crippen LogP contribution in [0.5, 0.6) is 0 Å². The van der Waals surface area contributed by atoms with Crippen LogP contribution in [0.15, 0.2) is 18.2 Å². The van der Waals surface area contributed by atoms with Gasteiger partial charge in [0, 0.05) is 31.6 Å². The van der Waals surface area contributed by atoms with Crippen molar-refractivity contribution in [2.45, 2.75) is 51.0 Å². The zero-order valence-electron chi connectivity index (χ0n) is 12.9. The molecule has 1 aromatic carbocycles. The van der Waals surface area contributed by atoms with Crippen LogP contribution in [0, 0.1) is 0 Å². The summed E-state index contributed by atoms with van der Waals surface area (Å²) < 4.78 is 5.46. The number of ether oxygens (including phenoxy) is 1. The van der Waals surface area contributed by atoms with Crippen LogP contribution in [0.25, 0.3) is 0 Å². The van der Waals surface area contributed by atoms with E-state index in [4.69, 9.17) is 4.74 Å². The topological polar surface area (TPSA) is 55.4 Å². The first-order chi connectivity index (χ1) is 10.7. The number of amides is 1. The fourth-order valence-corrected chi connectivity index (χ4v) is 3.24. The molecule has 1 amide bonds. The van der Waals surface area contributed by atoms with Crippen LogP contribution in [0.4, 0.5) is 0 Å². The first kappa shape index (κ1) is 15.2. The van der Waals surface area contributed by atoms with Gasteiger partial charge in [0.25, 0.3) is 0 Å². The Morgan fingerprint density at radius 2 is 2.00 bits per heavy atom. The molecule has 1 saturated heterocycles. The molecule has 0 saturated carbocycles. The number of aryl methyl sites for hydroxylation is 2. The van der Waals surface area contributed by atoms with Crippen LogP contribution in [-0.4, -0.2) is 30.9 Å². The largest absolute Gasteiger partial charge is 0.376 e. The fraction of sp³-hybridized carbons (Fsp3) is 0.556. The third-order valence-corrected chi connectivity index (χ3v) is 4.55. The van der Waals surface area contributed by atoms with Crippen molar-refractivity contribution in [3.8, 4) is 0 Å². The van der Waals surface area contributed by atoms with E-state index in [0.717, 1.165) is 37.9 Å². The number of fused-ring (bicyclic) bond motifs is 1. The van der Waals surface area contributed by atoms with Gasteiger partial charge < -0.3 is 10.1 Å². The second-order valence-electron chi connectivity index (χ2n) is 6.20. The number of rotatable bonds is 6. The second kappa shape index (κ2) is 7.05.